The summed E-state index contributed by atoms with van der Waals surface area (Å²) in [4.78, 5) is 30.3. The Morgan fingerprint density at radius 2 is 1.92 bits per heavy atom. The van der Waals surface area contributed by atoms with Crippen molar-refractivity contribution in [1.82, 2.24) is 4.98 Å². The number of fused-ring (bicyclic) bond motifs is 1. The maximum Gasteiger partial charge on any atom is 0.338 e. The standard InChI is InChI=1S/C18H16N2O3S/c1-12(17(21)20(2)14-6-4-3-5-7-14)23-18(22)13-8-9-15-16(10-13)24-11-19-15/h3-12H,1-2H3/t12-/m1/s1. The summed E-state index contributed by atoms with van der Waals surface area (Å²) >= 11 is 1.45. The van der Waals surface area contributed by atoms with Crippen LogP contribution in [0.5, 0.6) is 0 Å². The van der Waals surface area contributed by atoms with Crippen LogP contribution < -0.4 is 4.90 Å². The Kier molecular flexibility index (Phi) is 4.57. The van der Waals surface area contributed by atoms with E-state index < -0.39 is 12.1 Å². The second-order valence-corrected chi connectivity index (χ2v) is 6.20. The minimum Gasteiger partial charge on any atom is -0.449 e. The van der Waals surface area contributed by atoms with Gasteiger partial charge in [0.15, 0.2) is 6.10 Å². The van der Waals surface area contributed by atoms with Gasteiger partial charge in [0.25, 0.3) is 5.91 Å². The SMILES string of the molecule is C[C@@H](OC(=O)c1ccc2ncsc2c1)C(=O)N(C)c1ccccc1. The van der Waals surface area contributed by atoms with Crippen molar-refractivity contribution in [2.75, 3.05) is 11.9 Å². The van der Waals surface area contributed by atoms with E-state index in [9.17, 15) is 9.59 Å². The number of amides is 1. The number of ether oxygens (including phenoxy) is 1. The van der Waals surface area contributed by atoms with Crippen LogP contribution in [0.1, 0.15) is 17.3 Å². The van der Waals surface area contributed by atoms with Gasteiger partial charge in [0.05, 0.1) is 21.3 Å². The third kappa shape index (κ3) is 3.28. The van der Waals surface area contributed by atoms with E-state index in [1.807, 2.05) is 30.3 Å². The summed E-state index contributed by atoms with van der Waals surface area (Å²) in [5.41, 5.74) is 3.72. The number of carbonyl (C=O) groups excluding carboxylic acids is 2. The average molecular weight is 340 g/mol. The lowest BCUT2D eigenvalue weighted by Crippen LogP contribution is -2.37. The van der Waals surface area contributed by atoms with Gasteiger partial charge >= 0.3 is 5.97 Å². The molecule has 0 N–H and O–H groups in total. The molecule has 5 nitrogen and oxygen atoms in total. The number of para-hydroxylation sites is 1. The molecule has 122 valence electrons. The molecule has 2 aromatic carbocycles. The van der Waals surface area contributed by atoms with E-state index in [-0.39, 0.29) is 5.91 Å². The van der Waals surface area contributed by atoms with Crippen molar-refractivity contribution < 1.29 is 14.3 Å². The molecule has 6 heteroatoms. The molecule has 24 heavy (non-hydrogen) atoms. The van der Waals surface area contributed by atoms with Crippen LogP contribution >= 0.6 is 11.3 Å². The highest BCUT2D eigenvalue weighted by Crippen LogP contribution is 2.20. The van der Waals surface area contributed by atoms with Gasteiger partial charge in [0.1, 0.15) is 0 Å². The van der Waals surface area contributed by atoms with Gasteiger partial charge in [-0.25, -0.2) is 9.78 Å². The van der Waals surface area contributed by atoms with Gasteiger partial charge in [-0.15, -0.1) is 11.3 Å². The maximum atomic E-state index is 12.4. The van der Waals surface area contributed by atoms with E-state index in [1.165, 1.54) is 16.2 Å². The molecule has 3 aromatic rings. The molecule has 0 spiro atoms. The second-order valence-electron chi connectivity index (χ2n) is 5.32. The number of esters is 1. The first-order chi connectivity index (χ1) is 11.6. The normalized spacial score (nSPS) is 11.9. The fraction of sp³-hybridized carbons (Fsp3) is 0.167. The molecule has 0 aliphatic rings. The largest absolute Gasteiger partial charge is 0.449 e. The first-order valence-electron chi connectivity index (χ1n) is 7.43. The predicted octanol–water partition coefficient (Wildman–Crippen LogP) is 3.50. The summed E-state index contributed by atoms with van der Waals surface area (Å²) in [5, 5.41) is 0. The molecule has 0 radical (unpaired) electrons. The number of aromatic nitrogens is 1. The number of hydrogen-bond donors (Lipinski definition) is 0. The van der Waals surface area contributed by atoms with Gasteiger partial charge in [-0.3, -0.25) is 4.79 Å². The van der Waals surface area contributed by atoms with E-state index in [0.717, 1.165) is 15.9 Å². The molecule has 0 saturated heterocycles. The van der Waals surface area contributed by atoms with Crippen LogP contribution in [0.25, 0.3) is 10.2 Å². The van der Waals surface area contributed by atoms with Crippen LogP contribution in [0.2, 0.25) is 0 Å². The van der Waals surface area contributed by atoms with Crippen LogP contribution in [-0.4, -0.2) is 30.0 Å². The minimum absolute atomic E-state index is 0.284. The zero-order valence-corrected chi connectivity index (χ0v) is 14.1. The molecular formula is C18H16N2O3S. The molecule has 3 rings (SSSR count). The van der Waals surface area contributed by atoms with Gasteiger partial charge in [-0.1, -0.05) is 18.2 Å². The number of nitrogens with zero attached hydrogens (tertiary/aromatic N) is 2. The Morgan fingerprint density at radius 1 is 1.17 bits per heavy atom. The van der Waals surface area contributed by atoms with Crippen LogP contribution in [-0.2, 0) is 9.53 Å². The first kappa shape index (κ1) is 16.1. The van der Waals surface area contributed by atoms with E-state index >= 15 is 0 Å². The molecule has 0 aliphatic carbocycles. The van der Waals surface area contributed by atoms with Gasteiger partial charge in [0.2, 0.25) is 0 Å². The molecule has 1 aromatic heterocycles. The molecule has 0 bridgehead atoms. The highest BCUT2D eigenvalue weighted by Gasteiger charge is 2.23. The summed E-state index contributed by atoms with van der Waals surface area (Å²) in [6.45, 7) is 1.57. The van der Waals surface area contributed by atoms with Crippen molar-refractivity contribution in [1.29, 1.82) is 0 Å². The third-order valence-electron chi connectivity index (χ3n) is 3.67. The Balaban J connectivity index is 1.70. The monoisotopic (exact) mass is 340 g/mol. The predicted molar refractivity (Wildman–Crippen MR) is 94.3 cm³/mol. The molecule has 0 unspecified atom stereocenters. The van der Waals surface area contributed by atoms with Crippen molar-refractivity contribution in [2.24, 2.45) is 0 Å². The van der Waals surface area contributed by atoms with E-state index in [4.69, 9.17) is 4.74 Å². The summed E-state index contributed by atoms with van der Waals surface area (Å²) in [5.74, 6) is -0.805. The number of rotatable bonds is 4. The highest BCUT2D eigenvalue weighted by atomic mass is 32.1. The topological polar surface area (TPSA) is 59.5 Å². The van der Waals surface area contributed by atoms with E-state index in [0.29, 0.717) is 5.56 Å². The maximum absolute atomic E-state index is 12.4. The van der Waals surface area contributed by atoms with E-state index in [2.05, 4.69) is 4.98 Å². The summed E-state index contributed by atoms with van der Waals surface area (Å²) < 4.78 is 6.23. The fourth-order valence-electron chi connectivity index (χ4n) is 2.31. The van der Waals surface area contributed by atoms with Crippen LogP contribution in [0, 0.1) is 0 Å². The lowest BCUT2D eigenvalue weighted by Gasteiger charge is -2.21. The number of thiazole rings is 1. The molecule has 0 fully saturated rings. The third-order valence-corrected chi connectivity index (χ3v) is 4.46. The first-order valence-corrected chi connectivity index (χ1v) is 8.31. The van der Waals surface area contributed by atoms with Crippen LogP contribution in [0.4, 0.5) is 5.69 Å². The molecule has 1 atom stereocenters. The number of hydrogen-bond acceptors (Lipinski definition) is 5. The van der Waals surface area contributed by atoms with Crippen molar-refractivity contribution in [2.45, 2.75) is 13.0 Å². The summed E-state index contributed by atoms with van der Waals surface area (Å²) in [6, 6.07) is 14.4. The van der Waals surface area contributed by atoms with Crippen molar-refractivity contribution in [3.8, 4) is 0 Å². The zero-order chi connectivity index (χ0) is 17.1. The fourth-order valence-corrected chi connectivity index (χ4v) is 3.03. The number of anilines is 1. The highest BCUT2D eigenvalue weighted by molar-refractivity contribution is 7.16. The Hall–Kier alpha value is -2.73. The van der Waals surface area contributed by atoms with Crippen LogP contribution in [0.3, 0.4) is 0 Å². The smallest absolute Gasteiger partial charge is 0.338 e. The molecular weight excluding hydrogens is 324 g/mol. The van der Waals surface area contributed by atoms with Crippen LogP contribution in [0.15, 0.2) is 54.0 Å². The lowest BCUT2D eigenvalue weighted by atomic mass is 10.2. The van der Waals surface area contributed by atoms with Gasteiger partial charge in [-0.2, -0.15) is 0 Å². The summed E-state index contributed by atoms with van der Waals surface area (Å²) in [7, 11) is 1.66. The Labute approximate surface area is 143 Å². The zero-order valence-electron chi connectivity index (χ0n) is 13.3. The number of likely N-dealkylation sites (N-methyl/N-ethyl adjacent to an activating group) is 1. The van der Waals surface area contributed by atoms with Gasteiger partial charge in [0, 0.05) is 12.7 Å². The van der Waals surface area contributed by atoms with Gasteiger partial charge in [-0.05, 0) is 37.3 Å². The minimum atomic E-state index is -0.875. The Morgan fingerprint density at radius 3 is 2.67 bits per heavy atom. The second kappa shape index (κ2) is 6.80. The van der Waals surface area contributed by atoms with Gasteiger partial charge < -0.3 is 9.64 Å². The lowest BCUT2D eigenvalue weighted by molar-refractivity contribution is -0.126. The Bertz CT molecular complexity index is 876. The average Bonchev–Trinajstić information content (AvgIpc) is 3.08. The number of carbonyl (C=O) groups is 2. The quantitative estimate of drug-likeness (QED) is 0.682. The molecule has 1 heterocycles. The van der Waals surface area contributed by atoms with Crippen molar-refractivity contribution in [3.05, 3.63) is 59.6 Å². The van der Waals surface area contributed by atoms with Crippen molar-refractivity contribution >= 4 is 39.1 Å². The van der Waals surface area contributed by atoms with E-state index in [1.54, 1.807) is 37.7 Å². The molecule has 1 amide bonds. The summed E-state index contributed by atoms with van der Waals surface area (Å²) in [6.07, 6.45) is -0.875. The van der Waals surface area contributed by atoms with Crippen molar-refractivity contribution in [3.63, 3.8) is 0 Å². The molecule has 0 saturated carbocycles. The molecule has 0 aliphatic heterocycles. The number of benzene rings is 2.